The fourth-order valence-corrected chi connectivity index (χ4v) is 3.44. The maximum atomic E-state index is 12.4. The van der Waals surface area contributed by atoms with Crippen molar-refractivity contribution >= 4 is 23.2 Å². The SMILES string of the molecule is Cc1ccc(-c2cccc(C3(C)NC(=N)N(C)C3=O)c2)s1. The van der Waals surface area contributed by atoms with Crippen molar-refractivity contribution < 1.29 is 4.79 Å². The Morgan fingerprint density at radius 3 is 2.62 bits per heavy atom. The van der Waals surface area contributed by atoms with E-state index in [1.165, 1.54) is 14.7 Å². The van der Waals surface area contributed by atoms with Crippen molar-refractivity contribution in [2.24, 2.45) is 0 Å². The standard InChI is InChI=1S/C16H17N3OS/c1-10-7-8-13(21-10)11-5-4-6-12(9-11)16(2)14(20)19(3)15(17)18-16/h4-9H,1-3H3,(H2,17,18). The second-order valence-electron chi connectivity index (χ2n) is 5.45. The van der Waals surface area contributed by atoms with E-state index in [-0.39, 0.29) is 11.9 Å². The van der Waals surface area contributed by atoms with Crippen LogP contribution in [0.1, 0.15) is 17.4 Å². The molecule has 2 heterocycles. The summed E-state index contributed by atoms with van der Waals surface area (Å²) in [6, 6.07) is 12.2. The number of nitrogens with one attached hydrogen (secondary N) is 2. The average molecular weight is 299 g/mol. The normalized spacial score (nSPS) is 21.8. The van der Waals surface area contributed by atoms with Gasteiger partial charge in [-0.3, -0.25) is 15.1 Å². The number of carbonyl (C=O) groups is 1. The lowest BCUT2D eigenvalue weighted by Gasteiger charge is -2.22. The number of carbonyl (C=O) groups excluding carboxylic acids is 1. The van der Waals surface area contributed by atoms with Crippen LogP contribution in [0.4, 0.5) is 0 Å². The zero-order valence-corrected chi connectivity index (χ0v) is 13.0. The average Bonchev–Trinajstić information content (AvgIpc) is 2.99. The van der Waals surface area contributed by atoms with Gasteiger partial charge in [0.05, 0.1) is 0 Å². The van der Waals surface area contributed by atoms with E-state index in [0.29, 0.717) is 0 Å². The summed E-state index contributed by atoms with van der Waals surface area (Å²) in [5, 5.41) is 10.8. The first-order valence-corrected chi connectivity index (χ1v) is 7.56. The van der Waals surface area contributed by atoms with Crippen LogP contribution in [-0.2, 0) is 10.3 Å². The van der Waals surface area contributed by atoms with Gasteiger partial charge < -0.3 is 5.32 Å². The maximum absolute atomic E-state index is 12.4. The summed E-state index contributed by atoms with van der Waals surface area (Å²) in [5.41, 5.74) is 1.11. The Labute approximate surface area is 127 Å². The number of benzene rings is 1. The minimum atomic E-state index is -0.867. The molecule has 0 aliphatic carbocycles. The van der Waals surface area contributed by atoms with Crippen molar-refractivity contribution in [1.82, 2.24) is 10.2 Å². The largest absolute Gasteiger partial charge is 0.338 e. The molecule has 1 aromatic carbocycles. The van der Waals surface area contributed by atoms with E-state index in [4.69, 9.17) is 5.41 Å². The van der Waals surface area contributed by atoms with Crippen molar-refractivity contribution in [3.63, 3.8) is 0 Å². The third kappa shape index (κ3) is 2.14. The molecule has 1 amide bonds. The van der Waals surface area contributed by atoms with Crippen LogP contribution < -0.4 is 5.32 Å². The first-order valence-electron chi connectivity index (χ1n) is 6.74. The van der Waals surface area contributed by atoms with Crippen LogP contribution in [0.2, 0.25) is 0 Å². The Hall–Kier alpha value is -2.14. The fourth-order valence-electron chi connectivity index (χ4n) is 2.58. The molecule has 0 bridgehead atoms. The van der Waals surface area contributed by atoms with Gasteiger partial charge in [-0.15, -0.1) is 11.3 Å². The van der Waals surface area contributed by atoms with Crippen LogP contribution in [0.5, 0.6) is 0 Å². The number of hydrogen-bond donors (Lipinski definition) is 2. The zero-order chi connectivity index (χ0) is 15.2. The number of guanidine groups is 1. The molecule has 1 aliphatic rings. The van der Waals surface area contributed by atoms with Gasteiger partial charge in [0.2, 0.25) is 0 Å². The van der Waals surface area contributed by atoms with Gasteiger partial charge in [0, 0.05) is 16.8 Å². The Morgan fingerprint density at radius 2 is 2.05 bits per heavy atom. The molecule has 2 aromatic rings. The van der Waals surface area contributed by atoms with Gasteiger partial charge in [0.25, 0.3) is 5.91 Å². The maximum Gasteiger partial charge on any atom is 0.259 e. The van der Waals surface area contributed by atoms with Crippen LogP contribution >= 0.6 is 11.3 Å². The molecule has 1 saturated heterocycles. The number of rotatable bonds is 2. The van der Waals surface area contributed by atoms with E-state index in [2.05, 4.69) is 24.4 Å². The second-order valence-corrected chi connectivity index (χ2v) is 6.74. The fraction of sp³-hybridized carbons (Fsp3) is 0.250. The molecule has 0 radical (unpaired) electrons. The van der Waals surface area contributed by atoms with E-state index in [1.54, 1.807) is 18.4 Å². The lowest BCUT2D eigenvalue weighted by molar-refractivity contribution is -0.129. The lowest BCUT2D eigenvalue weighted by atomic mass is 9.90. The van der Waals surface area contributed by atoms with E-state index in [1.807, 2.05) is 31.2 Å². The van der Waals surface area contributed by atoms with Crippen molar-refractivity contribution in [3.8, 4) is 10.4 Å². The highest BCUT2D eigenvalue weighted by Crippen LogP contribution is 2.33. The van der Waals surface area contributed by atoms with E-state index < -0.39 is 5.54 Å². The predicted octanol–water partition coefficient (Wildman–Crippen LogP) is 2.94. The summed E-state index contributed by atoms with van der Waals surface area (Å²) in [6.07, 6.45) is 0. The minimum absolute atomic E-state index is 0.105. The Kier molecular flexibility index (Phi) is 3.10. The van der Waals surface area contributed by atoms with Gasteiger partial charge in [0.1, 0.15) is 5.54 Å². The van der Waals surface area contributed by atoms with Crippen LogP contribution in [-0.4, -0.2) is 23.8 Å². The highest BCUT2D eigenvalue weighted by Gasteiger charge is 2.45. The molecule has 21 heavy (non-hydrogen) atoms. The van der Waals surface area contributed by atoms with Crippen LogP contribution in [0, 0.1) is 12.3 Å². The van der Waals surface area contributed by atoms with Crippen LogP contribution in [0.3, 0.4) is 0 Å². The number of nitrogens with zero attached hydrogens (tertiary/aromatic N) is 1. The topological polar surface area (TPSA) is 56.2 Å². The molecule has 1 unspecified atom stereocenters. The smallest absolute Gasteiger partial charge is 0.259 e. The van der Waals surface area contributed by atoms with E-state index in [9.17, 15) is 4.79 Å². The molecule has 2 N–H and O–H groups in total. The molecule has 1 aromatic heterocycles. The van der Waals surface area contributed by atoms with Crippen molar-refractivity contribution in [1.29, 1.82) is 5.41 Å². The number of thiophene rings is 1. The summed E-state index contributed by atoms with van der Waals surface area (Å²) >= 11 is 1.73. The number of likely N-dealkylation sites (N-methyl/N-ethyl adjacent to an activating group) is 1. The zero-order valence-electron chi connectivity index (χ0n) is 12.2. The summed E-state index contributed by atoms with van der Waals surface area (Å²) in [4.78, 5) is 16.2. The molecule has 3 rings (SSSR count). The van der Waals surface area contributed by atoms with Gasteiger partial charge in [-0.1, -0.05) is 18.2 Å². The van der Waals surface area contributed by atoms with Gasteiger partial charge in [-0.05, 0) is 43.2 Å². The van der Waals surface area contributed by atoms with Crippen LogP contribution in [0.15, 0.2) is 36.4 Å². The number of hydrogen-bond acceptors (Lipinski definition) is 3. The predicted molar refractivity (Wildman–Crippen MR) is 85.5 cm³/mol. The summed E-state index contributed by atoms with van der Waals surface area (Å²) in [5.74, 6) is 0.0341. The van der Waals surface area contributed by atoms with Gasteiger partial charge >= 0.3 is 0 Å². The molecule has 4 nitrogen and oxygen atoms in total. The molecule has 108 valence electrons. The molecule has 0 spiro atoms. The Balaban J connectivity index is 2.04. The lowest BCUT2D eigenvalue weighted by Crippen LogP contribution is -2.40. The minimum Gasteiger partial charge on any atom is -0.338 e. The molecule has 1 fully saturated rings. The Bertz CT molecular complexity index is 737. The molecular formula is C16H17N3OS. The van der Waals surface area contributed by atoms with E-state index >= 15 is 0 Å². The molecule has 1 aliphatic heterocycles. The third-order valence-electron chi connectivity index (χ3n) is 3.90. The third-order valence-corrected chi connectivity index (χ3v) is 4.95. The van der Waals surface area contributed by atoms with Gasteiger partial charge in [0.15, 0.2) is 5.96 Å². The number of amides is 1. The molecule has 0 saturated carbocycles. The Morgan fingerprint density at radius 1 is 1.29 bits per heavy atom. The molecule has 1 atom stereocenters. The van der Waals surface area contributed by atoms with Crippen LogP contribution in [0.25, 0.3) is 10.4 Å². The molecular weight excluding hydrogens is 282 g/mol. The number of aryl methyl sites for hydroxylation is 1. The van der Waals surface area contributed by atoms with Gasteiger partial charge in [-0.2, -0.15) is 0 Å². The highest BCUT2D eigenvalue weighted by molar-refractivity contribution is 7.15. The summed E-state index contributed by atoms with van der Waals surface area (Å²) in [7, 11) is 1.62. The second kappa shape index (κ2) is 4.70. The van der Waals surface area contributed by atoms with E-state index in [0.717, 1.165) is 11.1 Å². The monoisotopic (exact) mass is 299 g/mol. The first-order chi connectivity index (χ1) is 9.91. The van der Waals surface area contributed by atoms with Crippen molar-refractivity contribution in [3.05, 3.63) is 46.8 Å². The van der Waals surface area contributed by atoms with Gasteiger partial charge in [-0.25, -0.2) is 0 Å². The van der Waals surface area contributed by atoms with Crippen molar-refractivity contribution in [2.45, 2.75) is 19.4 Å². The molecule has 5 heteroatoms. The quantitative estimate of drug-likeness (QED) is 0.896. The summed E-state index contributed by atoms with van der Waals surface area (Å²) < 4.78 is 0. The highest BCUT2D eigenvalue weighted by atomic mass is 32.1. The first kappa shape index (κ1) is 13.8. The van der Waals surface area contributed by atoms with Crippen molar-refractivity contribution in [2.75, 3.05) is 7.05 Å². The summed E-state index contributed by atoms with van der Waals surface area (Å²) in [6.45, 7) is 3.91.